The lowest BCUT2D eigenvalue weighted by molar-refractivity contribution is 0.872. The highest BCUT2D eigenvalue weighted by atomic mass is 32.1. The van der Waals surface area contributed by atoms with E-state index in [1.807, 2.05) is 24.3 Å². The second-order valence-corrected chi connectivity index (χ2v) is 5.15. The average Bonchev–Trinajstić information content (AvgIpc) is 2.41. The van der Waals surface area contributed by atoms with E-state index in [2.05, 4.69) is 41.8 Å². The van der Waals surface area contributed by atoms with Crippen molar-refractivity contribution in [3.8, 4) is 0 Å². The molecule has 0 aromatic heterocycles. The molecular weight excluding hydrogens is 266 g/mol. The van der Waals surface area contributed by atoms with E-state index in [0.29, 0.717) is 5.11 Å². The molecule has 104 valence electrons. The number of thiocarbonyl (C=S) groups is 1. The molecule has 0 aliphatic carbocycles. The van der Waals surface area contributed by atoms with Crippen molar-refractivity contribution in [1.29, 1.82) is 0 Å². The van der Waals surface area contributed by atoms with Crippen LogP contribution < -0.4 is 16.4 Å². The summed E-state index contributed by atoms with van der Waals surface area (Å²) in [5, 5.41) is 6.96. The van der Waals surface area contributed by atoms with Crippen molar-refractivity contribution < 1.29 is 0 Å². The Hall–Kier alpha value is -2.07. The quantitative estimate of drug-likeness (QED) is 0.597. The number of aryl methyl sites for hydroxylation is 1. The van der Waals surface area contributed by atoms with Crippen molar-refractivity contribution in [2.75, 3.05) is 17.6 Å². The van der Waals surface area contributed by atoms with Gasteiger partial charge in [0.15, 0.2) is 5.11 Å². The summed E-state index contributed by atoms with van der Waals surface area (Å²) < 4.78 is 0. The zero-order valence-corrected chi connectivity index (χ0v) is 12.3. The molecule has 0 saturated heterocycles. The first-order valence-corrected chi connectivity index (χ1v) is 7.00. The lowest BCUT2D eigenvalue weighted by atomic mass is 10.1. The van der Waals surface area contributed by atoms with Crippen LogP contribution in [0.4, 0.5) is 11.4 Å². The van der Waals surface area contributed by atoms with Crippen molar-refractivity contribution in [2.24, 2.45) is 0 Å². The van der Waals surface area contributed by atoms with Gasteiger partial charge < -0.3 is 16.4 Å². The van der Waals surface area contributed by atoms with Gasteiger partial charge in [-0.3, -0.25) is 0 Å². The number of nitrogen functional groups attached to an aromatic ring is 1. The molecular formula is C16H19N3S. The number of hydrogen-bond acceptors (Lipinski definition) is 2. The third-order valence-corrected chi connectivity index (χ3v) is 3.20. The van der Waals surface area contributed by atoms with Gasteiger partial charge in [-0.25, -0.2) is 0 Å². The number of rotatable bonds is 4. The van der Waals surface area contributed by atoms with Crippen molar-refractivity contribution >= 4 is 28.7 Å². The Bertz CT molecular complexity index is 579. The van der Waals surface area contributed by atoms with E-state index < -0.39 is 0 Å². The van der Waals surface area contributed by atoms with Crippen molar-refractivity contribution in [2.45, 2.75) is 13.3 Å². The molecule has 0 bridgehead atoms. The van der Waals surface area contributed by atoms with Gasteiger partial charge in [0.1, 0.15) is 0 Å². The van der Waals surface area contributed by atoms with Gasteiger partial charge in [0, 0.05) is 17.9 Å². The fourth-order valence-corrected chi connectivity index (χ4v) is 2.15. The van der Waals surface area contributed by atoms with Gasteiger partial charge in [0.25, 0.3) is 0 Å². The number of hydrogen-bond donors (Lipinski definition) is 3. The van der Waals surface area contributed by atoms with Crippen LogP contribution in [0.15, 0.2) is 48.5 Å². The lowest BCUT2D eigenvalue weighted by Gasteiger charge is -2.11. The van der Waals surface area contributed by atoms with Crippen LogP contribution >= 0.6 is 12.2 Å². The predicted molar refractivity (Wildman–Crippen MR) is 90.0 cm³/mol. The number of anilines is 2. The number of nitrogens with one attached hydrogen (secondary N) is 2. The first-order chi connectivity index (χ1) is 9.63. The van der Waals surface area contributed by atoms with Crippen LogP contribution in [0.25, 0.3) is 0 Å². The molecule has 0 radical (unpaired) electrons. The SMILES string of the molecule is Cc1cccc(CCNC(=S)Nc2ccc(N)cc2)c1. The van der Waals surface area contributed by atoms with Crippen LogP contribution in [0.5, 0.6) is 0 Å². The summed E-state index contributed by atoms with van der Waals surface area (Å²) in [4.78, 5) is 0. The van der Waals surface area contributed by atoms with Gasteiger partial charge >= 0.3 is 0 Å². The van der Waals surface area contributed by atoms with Gasteiger partial charge in [-0.15, -0.1) is 0 Å². The van der Waals surface area contributed by atoms with Gasteiger partial charge in [-0.1, -0.05) is 29.8 Å². The minimum Gasteiger partial charge on any atom is -0.399 e. The number of nitrogens with two attached hydrogens (primary N) is 1. The minimum atomic E-state index is 0.627. The summed E-state index contributed by atoms with van der Waals surface area (Å²) in [6.07, 6.45) is 0.950. The molecule has 3 nitrogen and oxygen atoms in total. The van der Waals surface area contributed by atoms with Crippen LogP contribution in [0.1, 0.15) is 11.1 Å². The summed E-state index contributed by atoms with van der Waals surface area (Å²) in [5.74, 6) is 0. The topological polar surface area (TPSA) is 50.1 Å². The van der Waals surface area contributed by atoms with E-state index in [0.717, 1.165) is 24.3 Å². The largest absolute Gasteiger partial charge is 0.399 e. The monoisotopic (exact) mass is 285 g/mol. The second kappa shape index (κ2) is 6.91. The first kappa shape index (κ1) is 14.3. The molecule has 0 amide bonds. The molecule has 0 fully saturated rings. The highest BCUT2D eigenvalue weighted by molar-refractivity contribution is 7.80. The maximum absolute atomic E-state index is 5.64. The zero-order valence-electron chi connectivity index (χ0n) is 11.5. The Labute approximate surface area is 125 Å². The van der Waals surface area contributed by atoms with Crippen LogP contribution in [0.2, 0.25) is 0 Å². The van der Waals surface area contributed by atoms with Crippen LogP contribution in [0.3, 0.4) is 0 Å². The van der Waals surface area contributed by atoms with E-state index >= 15 is 0 Å². The highest BCUT2D eigenvalue weighted by Gasteiger charge is 1.98. The first-order valence-electron chi connectivity index (χ1n) is 6.59. The Morgan fingerprint density at radius 2 is 1.90 bits per heavy atom. The van der Waals surface area contributed by atoms with Crippen molar-refractivity contribution in [1.82, 2.24) is 5.32 Å². The summed E-state index contributed by atoms with van der Waals surface area (Å²) in [7, 11) is 0. The van der Waals surface area contributed by atoms with E-state index in [1.54, 1.807) is 0 Å². The summed E-state index contributed by atoms with van der Waals surface area (Å²) in [6, 6.07) is 16.0. The van der Waals surface area contributed by atoms with Gasteiger partial charge in [0.2, 0.25) is 0 Å². The van der Waals surface area contributed by atoms with Gasteiger partial charge in [0.05, 0.1) is 0 Å². The standard InChI is InChI=1S/C16H19N3S/c1-12-3-2-4-13(11-12)9-10-18-16(20)19-15-7-5-14(17)6-8-15/h2-8,11H,9-10,17H2,1H3,(H2,18,19,20). The van der Waals surface area contributed by atoms with Crippen LogP contribution in [-0.2, 0) is 6.42 Å². The second-order valence-electron chi connectivity index (χ2n) is 4.74. The van der Waals surface area contributed by atoms with E-state index in [-0.39, 0.29) is 0 Å². The Kier molecular flexibility index (Phi) is 4.96. The average molecular weight is 285 g/mol. The smallest absolute Gasteiger partial charge is 0.170 e. The molecule has 2 aromatic carbocycles. The van der Waals surface area contributed by atoms with E-state index in [4.69, 9.17) is 18.0 Å². The van der Waals surface area contributed by atoms with Gasteiger partial charge in [-0.05, 0) is 55.4 Å². The van der Waals surface area contributed by atoms with Gasteiger partial charge in [-0.2, -0.15) is 0 Å². The molecule has 20 heavy (non-hydrogen) atoms. The normalized spacial score (nSPS) is 10.1. The number of benzene rings is 2. The summed E-state index contributed by atoms with van der Waals surface area (Å²) >= 11 is 5.26. The third kappa shape index (κ3) is 4.55. The molecule has 0 unspecified atom stereocenters. The molecule has 0 heterocycles. The highest BCUT2D eigenvalue weighted by Crippen LogP contribution is 2.10. The lowest BCUT2D eigenvalue weighted by Crippen LogP contribution is -2.30. The minimum absolute atomic E-state index is 0.627. The van der Waals surface area contributed by atoms with Crippen molar-refractivity contribution in [3.05, 3.63) is 59.7 Å². The molecule has 0 atom stereocenters. The molecule has 2 rings (SSSR count). The zero-order chi connectivity index (χ0) is 14.4. The molecule has 4 heteroatoms. The maximum atomic E-state index is 5.64. The van der Waals surface area contributed by atoms with Crippen LogP contribution in [0, 0.1) is 6.92 Å². The van der Waals surface area contributed by atoms with E-state index in [9.17, 15) is 0 Å². The molecule has 2 aromatic rings. The molecule has 0 aliphatic rings. The fraction of sp³-hybridized carbons (Fsp3) is 0.188. The molecule has 4 N–H and O–H groups in total. The van der Waals surface area contributed by atoms with Crippen LogP contribution in [-0.4, -0.2) is 11.7 Å². The summed E-state index contributed by atoms with van der Waals surface area (Å²) in [5.41, 5.74) is 9.91. The molecule has 0 aliphatic heterocycles. The molecule has 0 saturated carbocycles. The van der Waals surface area contributed by atoms with Crippen molar-refractivity contribution in [3.63, 3.8) is 0 Å². The Balaban J connectivity index is 1.76. The third-order valence-electron chi connectivity index (χ3n) is 2.95. The maximum Gasteiger partial charge on any atom is 0.170 e. The molecule has 0 spiro atoms. The summed E-state index contributed by atoms with van der Waals surface area (Å²) in [6.45, 7) is 2.91. The predicted octanol–water partition coefficient (Wildman–Crippen LogP) is 3.11. The Morgan fingerprint density at radius 3 is 2.60 bits per heavy atom. The fourth-order valence-electron chi connectivity index (χ4n) is 1.93. The Morgan fingerprint density at radius 1 is 1.15 bits per heavy atom. The van der Waals surface area contributed by atoms with E-state index in [1.165, 1.54) is 11.1 Å².